The molecule has 1 aliphatic rings. The summed E-state index contributed by atoms with van der Waals surface area (Å²) in [6.45, 7) is 11.8. The van der Waals surface area contributed by atoms with Gasteiger partial charge in [-0.05, 0) is 71.3 Å². The number of amides is 1. The molecule has 0 saturated heterocycles. The highest BCUT2D eigenvalue weighted by Crippen LogP contribution is 2.42. The molecule has 0 fully saturated rings. The summed E-state index contributed by atoms with van der Waals surface area (Å²) in [4.78, 5) is 32.4. The fourth-order valence-corrected chi connectivity index (χ4v) is 5.62. The molecule has 0 bridgehead atoms. The number of carbonyl (C=O) groups is 2. The zero-order chi connectivity index (χ0) is 29.5. The number of esters is 1. The van der Waals surface area contributed by atoms with Gasteiger partial charge in [0.1, 0.15) is 11.7 Å². The molecule has 40 heavy (non-hydrogen) atoms. The lowest BCUT2D eigenvalue weighted by Gasteiger charge is -2.39. The predicted molar refractivity (Wildman–Crippen MR) is 165 cm³/mol. The third-order valence-corrected chi connectivity index (χ3v) is 7.43. The Bertz CT molecular complexity index is 994. The first-order chi connectivity index (χ1) is 19.3. The van der Waals surface area contributed by atoms with Crippen LogP contribution in [-0.2, 0) is 20.7 Å². The second kappa shape index (κ2) is 18.1. The van der Waals surface area contributed by atoms with Crippen molar-refractivity contribution in [2.45, 2.75) is 124 Å². The molecule has 2 unspecified atom stereocenters. The van der Waals surface area contributed by atoms with Gasteiger partial charge in [-0.25, -0.2) is 14.7 Å². The molecule has 0 N–H and O–H groups in total. The lowest BCUT2D eigenvalue weighted by molar-refractivity contribution is -0.147. The Labute approximate surface area is 247 Å². The highest BCUT2D eigenvalue weighted by Gasteiger charge is 2.47. The second-order valence-corrected chi connectivity index (χ2v) is 11.1. The minimum Gasteiger partial charge on any atom is -0.491 e. The third kappa shape index (κ3) is 9.86. The molecule has 0 radical (unpaired) electrons. The number of ether oxygens (including phenoxy) is 3. The molecule has 0 aromatic heterocycles. The van der Waals surface area contributed by atoms with Crippen LogP contribution >= 0.6 is 12.2 Å². The van der Waals surface area contributed by atoms with Crippen molar-refractivity contribution < 1.29 is 23.8 Å². The molecular weight excluding hydrogens is 524 g/mol. The summed E-state index contributed by atoms with van der Waals surface area (Å²) in [5.74, 6) is -0.653. The van der Waals surface area contributed by atoms with Crippen molar-refractivity contribution in [3.8, 4) is 5.75 Å². The van der Waals surface area contributed by atoms with E-state index in [1.807, 2.05) is 26.0 Å². The standard InChI is InChI=1S/C32H50N2O5S/c1-7-10-11-12-13-14-15-16-17-18-20-25-21-19-22-26(39-23(4)5)28(25)29-27(30(35)37-8-2)24(6)33-31(40)34(29)32(36)38-9-3/h19,21-23,27,29H,7-18,20H2,1-6H3. The molecule has 1 aliphatic heterocycles. The molecule has 1 amide bonds. The highest BCUT2D eigenvalue weighted by atomic mass is 32.1. The number of aryl methyl sites for hydroxylation is 1. The van der Waals surface area contributed by atoms with Crippen LogP contribution in [0, 0.1) is 5.92 Å². The average Bonchev–Trinajstić information content (AvgIpc) is 2.89. The molecule has 1 aromatic carbocycles. The first kappa shape index (κ1) is 33.7. The summed E-state index contributed by atoms with van der Waals surface area (Å²) in [6.07, 6.45) is 12.6. The quantitative estimate of drug-likeness (QED) is 0.106. The second-order valence-electron chi connectivity index (χ2n) is 10.7. The first-order valence-corrected chi connectivity index (χ1v) is 15.7. The van der Waals surface area contributed by atoms with Crippen LogP contribution in [0.1, 0.15) is 123 Å². The molecule has 0 aliphatic carbocycles. The van der Waals surface area contributed by atoms with E-state index in [0.29, 0.717) is 11.5 Å². The maximum Gasteiger partial charge on any atom is 0.416 e. The minimum atomic E-state index is -0.834. The van der Waals surface area contributed by atoms with Crippen LogP contribution in [0.3, 0.4) is 0 Å². The predicted octanol–water partition coefficient (Wildman–Crippen LogP) is 8.38. The SMILES string of the molecule is CCCCCCCCCCCCc1cccc(OC(C)C)c1C1C(C(=O)OCC)C(C)=NC(=S)N1C(=O)OCC. The zero-order valence-electron chi connectivity index (χ0n) is 25.5. The molecule has 1 heterocycles. The fraction of sp³-hybridized carbons (Fsp3) is 0.688. The fourth-order valence-electron chi connectivity index (χ4n) is 5.29. The van der Waals surface area contributed by atoms with Gasteiger partial charge >= 0.3 is 12.1 Å². The van der Waals surface area contributed by atoms with Crippen LogP contribution in [0.4, 0.5) is 4.79 Å². The maximum absolute atomic E-state index is 13.3. The number of unbranched alkanes of at least 4 members (excludes halogenated alkanes) is 9. The normalized spacial score (nSPS) is 17.1. The van der Waals surface area contributed by atoms with Gasteiger partial charge in [0.05, 0.1) is 25.4 Å². The number of aliphatic imine (C=N–C) groups is 1. The molecule has 2 rings (SSSR count). The van der Waals surface area contributed by atoms with Crippen LogP contribution < -0.4 is 4.74 Å². The summed E-state index contributed by atoms with van der Waals surface area (Å²) < 4.78 is 17.1. The molecule has 0 spiro atoms. The van der Waals surface area contributed by atoms with Crippen molar-refractivity contribution in [1.29, 1.82) is 0 Å². The van der Waals surface area contributed by atoms with Crippen LogP contribution in [-0.4, -0.2) is 47.1 Å². The van der Waals surface area contributed by atoms with Gasteiger partial charge in [-0.3, -0.25) is 4.79 Å². The topological polar surface area (TPSA) is 77.4 Å². The van der Waals surface area contributed by atoms with Gasteiger partial charge in [0.15, 0.2) is 0 Å². The third-order valence-electron chi connectivity index (χ3n) is 7.14. The Morgan fingerprint density at radius 2 is 1.52 bits per heavy atom. The number of hydrogen-bond acceptors (Lipinski definition) is 6. The Hall–Kier alpha value is -2.48. The van der Waals surface area contributed by atoms with Gasteiger partial charge in [0, 0.05) is 11.3 Å². The lowest BCUT2D eigenvalue weighted by Crippen LogP contribution is -2.50. The van der Waals surface area contributed by atoms with Gasteiger partial charge < -0.3 is 14.2 Å². The number of nitrogens with zero attached hydrogens (tertiary/aromatic N) is 2. The first-order valence-electron chi connectivity index (χ1n) is 15.3. The van der Waals surface area contributed by atoms with E-state index >= 15 is 0 Å². The van der Waals surface area contributed by atoms with E-state index in [4.69, 9.17) is 26.4 Å². The number of thiocarbonyl (C=S) groups is 1. The van der Waals surface area contributed by atoms with Gasteiger partial charge in [0.25, 0.3) is 0 Å². The van der Waals surface area contributed by atoms with Crippen LogP contribution in [0.15, 0.2) is 23.2 Å². The molecule has 1 aromatic rings. The Balaban J connectivity index is 2.38. The van der Waals surface area contributed by atoms with Crippen LogP contribution in [0.2, 0.25) is 0 Å². The van der Waals surface area contributed by atoms with Crippen molar-refractivity contribution in [2.75, 3.05) is 13.2 Å². The molecule has 7 nitrogen and oxygen atoms in total. The van der Waals surface area contributed by atoms with Crippen LogP contribution in [0.5, 0.6) is 5.75 Å². The van der Waals surface area contributed by atoms with E-state index in [1.54, 1.807) is 20.8 Å². The number of benzene rings is 1. The van der Waals surface area contributed by atoms with Crippen molar-refractivity contribution in [3.05, 3.63) is 29.3 Å². The number of hydrogen-bond donors (Lipinski definition) is 0. The van der Waals surface area contributed by atoms with E-state index in [-0.39, 0.29) is 24.4 Å². The molecule has 2 atom stereocenters. The Morgan fingerprint density at radius 1 is 0.925 bits per heavy atom. The smallest absolute Gasteiger partial charge is 0.416 e. The molecular formula is C32H50N2O5S. The summed E-state index contributed by atoms with van der Waals surface area (Å²) in [5.41, 5.74) is 2.32. The molecule has 8 heteroatoms. The van der Waals surface area contributed by atoms with Gasteiger partial charge in [-0.1, -0.05) is 76.8 Å². The van der Waals surface area contributed by atoms with Gasteiger partial charge in [-0.15, -0.1) is 0 Å². The minimum absolute atomic E-state index is 0.0748. The van der Waals surface area contributed by atoms with Gasteiger partial charge in [0.2, 0.25) is 5.11 Å². The molecule has 0 saturated carbocycles. The van der Waals surface area contributed by atoms with E-state index < -0.39 is 24.0 Å². The summed E-state index contributed by atoms with van der Waals surface area (Å²) in [6, 6.07) is 5.15. The number of carbonyl (C=O) groups excluding carboxylic acids is 2. The van der Waals surface area contributed by atoms with Gasteiger partial charge in [-0.2, -0.15) is 0 Å². The van der Waals surface area contributed by atoms with E-state index in [0.717, 1.165) is 30.4 Å². The van der Waals surface area contributed by atoms with Crippen molar-refractivity contribution in [3.63, 3.8) is 0 Å². The highest BCUT2D eigenvalue weighted by molar-refractivity contribution is 7.80. The average molecular weight is 575 g/mol. The summed E-state index contributed by atoms with van der Waals surface area (Å²) in [7, 11) is 0. The monoisotopic (exact) mass is 574 g/mol. The zero-order valence-corrected chi connectivity index (χ0v) is 26.3. The largest absolute Gasteiger partial charge is 0.491 e. The van der Waals surface area contributed by atoms with E-state index in [9.17, 15) is 9.59 Å². The van der Waals surface area contributed by atoms with Crippen molar-refractivity contribution in [2.24, 2.45) is 10.9 Å². The summed E-state index contributed by atoms with van der Waals surface area (Å²) >= 11 is 5.57. The van der Waals surface area contributed by atoms with Crippen molar-refractivity contribution >= 4 is 35.1 Å². The van der Waals surface area contributed by atoms with Crippen LogP contribution in [0.25, 0.3) is 0 Å². The lowest BCUT2D eigenvalue weighted by atomic mass is 9.83. The Morgan fingerprint density at radius 3 is 2.10 bits per heavy atom. The molecule has 224 valence electrons. The van der Waals surface area contributed by atoms with Crippen molar-refractivity contribution in [1.82, 2.24) is 4.90 Å². The summed E-state index contributed by atoms with van der Waals surface area (Å²) in [5, 5.41) is 0.0748. The van der Waals surface area contributed by atoms with E-state index in [2.05, 4.69) is 18.0 Å². The Kier molecular flexibility index (Phi) is 15.2. The van der Waals surface area contributed by atoms with E-state index in [1.165, 1.54) is 56.3 Å². The number of rotatable bonds is 17. The maximum atomic E-state index is 13.3.